The van der Waals surface area contributed by atoms with E-state index in [2.05, 4.69) is 0 Å². The van der Waals surface area contributed by atoms with Gasteiger partial charge in [0, 0.05) is 0 Å². The van der Waals surface area contributed by atoms with Crippen molar-refractivity contribution in [3.63, 3.8) is 0 Å². The molecule has 0 aliphatic heterocycles. The predicted octanol–water partition coefficient (Wildman–Crippen LogP) is 1.09. The molecule has 0 aromatic heterocycles. The van der Waals surface area contributed by atoms with Crippen molar-refractivity contribution in [1.29, 1.82) is 0 Å². The van der Waals surface area contributed by atoms with Crippen LogP contribution in [0.3, 0.4) is 0 Å². The third-order valence-electron chi connectivity index (χ3n) is 2.22. The standard InChI is InChI=1S/C11H10BO2/c1-14-11-5-3-8-6-10(12-13)4-2-9(8)7-11/h2-7,13H,1H3. The number of methoxy groups -OCH3 is 1. The van der Waals surface area contributed by atoms with Gasteiger partial charge in [-0.05, 0) is 22.9 Å². The summed E-state index contributed by atoms with van der Waals surface area (Å²) >= 11 is 0. The average molecular weight is 185 g/mol. The normalized spacial score (nSPS) is 10.1. The third-order valence-corrected chi connectivity index (χ3v) is 2.22. The summed E-state index contributed by atoms with van der Waals surface area (Å²) in [6, 6.07) is 11.6. The highest BCUT2D eigenvalue weighted by molar-refractivity contribution is 6.46. The summed E-state index contributed by atoms with van der Waals surface area (Å²) in [6.45, 7) is 0. The first-order valence-corrected chi connectivity index (χ1v) is 4.39. The quantitative estimate of drug-likeness (QED) is 0.709. The first-order chi connectivity index (χ1) is 6.83. The average Bonchev–Trinajstić information content (AvgIpc) is 2.27. The molecule has 2 aromatic carbocycles. The minimum atomic E-state index is 0.808. The van der Waals surface area contributed by atoms with Crippen LogP contribution >= 0.6 is 0 Å². The molecule has 0 aliphatic rings. The molecule has 0 bridgehead atoms. The van der Waals surface area contributed by atoms with Gasteiger partial charge in [-0.3, -0.25) is 0 Å². The Labute approximate surface area is 83.4 Å². The molecule has 0 fully saturated rings. The molecule has 2 rings (SSSR count). The molecule has 1 radical (unpaired) electrons. The van der Waals surface area contributed by atoms with Gasteiger partial charge in [-0.25, -0.2) is 0 Å². The molecule has 2 nitrogen and oxygen atoms in total. The fraction of sp³-hybridized carbons (Fsp3) is 0.0909. The van der Waals surface area contributed by atoms with E-state index in [1.807, 2.05) is 36.4 Å². The van der Waals surface area contributed by atoms with E-state index in [0.29, 0.717) is 0 Å². The van der Waals surface area contributed by atoms with Crippen molar-refractivity contribution in [2.45, 2.75) is 0 Å². The fourth-order valence-corrected chi connectivity index (χ4v) is 1.45. The van der Waals surface area contributed by atoms with Crippen LogP contribution in [0.15, 0.2) is 36.4 Å². The lowest BCUT2D eigenvalue weighted by Crippen LogP contribution is -2.12. The molecular weight excluding hydrogens is 175 g/mol. The van der Waals surface area contributed by atoms with Gasteiger partial charge in [-0.2, -0.15) is 0 Å². The Kier molecular flexibility index (Phi) is 2.42. The molecule has 0 unspecified atom stereocenters. The summed E-state index contributed by atoms with van der Waals surface area (Å²) in [5.41, 5.74) is 0.808. The molecule has 0 saturated heterocycles. The predicted molar refractivity (Wildman–Crippen MR) is 58.1 cm³/mol. The van der Waals surface area contributed by atoms with E-state index >= 15 is 0 Å². The fourth-order valence-electron chi connectivity index (χ4n) is 1.45. The maximum absolute atomic E-state index is 8.85. The van der Waals surface area contributed by atoms with Crippen molar-refractivity contribution < 1.29 is 9.76 Å². The number of rotatable bonds is 2. The highest BCUT2D eigenvalue weighted by atomic mass is 16.5. The maximum atomic E-state index is 8.85. The second-order valence-electron chi connectivity index (χ2n) is 3.10. The van der Waals surface area contributed by atoms with Crippen LogP contribution in [0.1, 0.15) is 0 Å². The topological polar surface area (TPSA) is 29.5 Å². The van der Waals surface area contributed by atoms with Gasteiger partial charge >= 0.3 is 7.48 Å². The zero-order valence-corrected chi connectivity index (χ0v) is 7.90. The molecule has 69 valence electrons. The molecule has 3 heteroatoms. The summed E-state index contributed by atoms with van der Waals surface area (Å²) in [5.74, 6) is 0.846. The number of benzene rings is 2. The van der Waals surface area contributed by atoms with Gasteiger partial charge in [0.15, 0.2) is 0 Å². The number of ether oxygens (including phenoxy) is 1. The lowest BCUT2D eigenvalue weighted by atomic mass is 9.87. The number of fused-ring (bicyclic) bond motifs is 1. The minimum absolute atomic E-state index is 0.808. The van der Waals surface area contributed by atoms with Gasteiger partial charge in [0.2, 0.25) is 0 Å². The van der Waals surface area contributed by atoms with Crippen LogP contribution in [0.5, 0.6) is 5.75 Å². The molecule has 0 aliphatic carbocycles. The second-order valence-corrected chi connectivity index (χ2v) is 3.10. The summed E-state index contributed by atoms with van der Waals surface area (Å²) in [5, 5.41) is 11.0. The molecule has 0 spiro atoms. The molecule has 0 saturated carbocycles. The zero-order valence-electron chi connectivity index (χ0n) is 7.90. The van der Waals surface area contributed by atoms with E-state index in [-0.39, 0.29) is 0 Å². The summed E-state index contributed by atoms with van der Waals surface area (Å²) in [4.78, 5) is 0. The Morgan fingerprint density at radius 3 is 2.50 bits per heavy atom. The van der Waals surface area contributed by atoms with E-state index in [9.17, 15) is 0 Å². The van der Waals surface area contributed by atoms with Crippen molar-refractivity contribution in [2.75, 3.05) is 7.11 Å². The molecule has 2 aromatic rings. The van der Waals surface area contributed by atoms with Gasteiger partial charge < -0.3 is 9.76 Å². The molecule has 14 heavy (non-hydrogen) atoms. The lowest BCUT2D eigenvalue weighted by molar-refractivity contribution is 0.415. The largest absolute Gasteiger partial charge is 0.497 e. The van der Waals surface area contributed by atoms with E-state index in [4.69, 9.17) is 9.76 Å². The maximum Gasteiger partial charge on any atom is 0.326 e. The first-order valence-electron chi connectivity index (χ1n) is 4.39. The Morgan fingerprint density at radius 2 is 1.79 bits per heavy atom. The highest BCUT2D eigenvalue weighted by Crippen LogP contribution is 2.19. The van der Waals surface area contributed by atoms with E-state index < -0.39 is 0 Å². The first kappa shape index (κ1) is 9.09. The van der Waals surface area contributed by atoms with E-state index in [0.717, 1.165) is 29.5 Å². The van der Waals surface area contributed by atoms with Crippen molar-refractivity contribution in [2.24, 2.45) is 0 Å². The smallest absolute Gasteiger partial charge is 0.326 e. The third kappa shape index (κ3) is 1.59. The van der Waals surface area contributed by atoms with Gasteiger partial charge in [-0.1, -0.05) is 29.7 Å². The van der Waals surface area contributed by atoms with Gasteiger partial charge in [-0.15, -0.1) is 0 Å². The summed E-state index contributed by atoms with van der Waals surface area (Å²) < 4.78 is 5.12. The van der Waals surface area contributed by atoms with Crippen LogP contribution in [0.25, 0.3) is 10.8 Å². The highest BCUT2D eigenvalue weighted by Gasteiger charge is 1.98. The van der Waals surface area contributed by atoms with Gasteiger partial charge in [0.1, 0.15) is 5.75 Å². The number of hydrogen-bond acceptors (Lipinski definition) is 2. The lowest BCUT2D eigenvalue weighted by Gasteiger charge is -2.03. The Bertz CT molecular complexity index is 411. The van der Waals surface area contributed by atoms with Crippen LogP contribution in [0, 0.1) is 0 Å². The Balaban J connectivity index is 2.57. The van der Waals surface area contributed by atoms with Crippen molar-refractivity contribution in [1.82, 2.24) is 0 Å². The molecular formula is C11H10BO2. The summed E-state index contributed by atoms with van der Waals surface area (Å²) in [7, 11) is 2.75. The van der Waals surface area contributed by atoms with Crippen LogP contribution < -0.4 is 10.2 Å². The van der Waals surface area contributed by atoms with Crippen molar-refractivity contribution in [3.8, 4) is 5.75 Å². The summed E-state index contributed by atoms with van der Waals surface area (Å²) in [6.07, 6.45) is 0. The molecule has 0 atom stereocenters. The van der Waals surface area contributed by atoms with Crippen molar-refractivity contribution in [3.05, 3.63) is 36.4 Å². The van der Waals surface area contributed by atoms with Gasteiger partial charge in [0.25, 0.3) is 0 Å². The monoisotopic (exact) mass is 185 g/mol. The minimum Gasteiger partial charge on any atom is -0.497 e. The van der Waals surface area contributed by atoms with E-state index in [1.54, 1.807) is 7.11 Å². The Morgan fingerprint density at radius 1 is 1.07 bits per heavy atom. The Hall–Kier alpha value is -1.48. The zero-order chi connectivity index (χ0) is 9.97. The van der Waals surface area contributed by atoms with Crippen molar-refractivity contribution >= 4 is 23.7 Å². The van der Waals surface area contributed by atoms with E-state index in [1.165, 1.54) is 0 Å². The SMILES string of the molecule is COc1ccc2cc([B]O)ccc2c1. The van der Waals surface area contributed by atoms with Gasteiger partial charge in [0.05, 0.1) is 7.11 Å². The van der Waals surface area contributed by atoms with Crippen LogP contribution in [-0.4, -0.2) is 19.6 Å². The van der Waals surface area contributed by atoms with Crippen LogP contribution in [-0.2, 0) is 0 Å². The van der Waals surface area contributed by atoms with Crippen LogP contribution in [0.2, 0.25) is 0 Å². The second kappa shape index (κ2) is 3.72. The number of hydrogen-bond donors (Lipinski definition) is 1. The molecule has 0 heterocycles. The van der Waals surface area contributed by atoms with Crippen LogP contribution in [0.4, 0.5) is 0 Å². The molecule has 1 N–H and O–H groups in total. The molecule has 0 amide bonds.